The van der Waals surface area contributed by atoms with Crippen molar-refractivity contribution >= 4 is 21.6 Å². The van der Waals surface area contributed by atoms with Crippen LogP contribution < -0.4 is 0 Å². The zero-order valence-corrected chi connectivity index (χ0v) is 11.4. The molecule has 0 aliphatic heterocycles. The maximum atomic E-state index is 4.56. The quantitative estimate of drug-likeness (QED) is 0.792. The second-order valence-electron chi connectivity index (χ2n) is 5.09. The van der Waals surface area contributed by atoms with Crippen LogP contribution in [-0.4, -0.2) is 19.4 Å². The summed E-state index contributed by atoms with van der Waals surface area (Å²) in [6.45, 7) is 6.68. The second kappa shape index (κ2) is 4.17. The van der Waals surface area contributed by atoms with Crippen molar-refractivity contribution in [1.82, 2.24) is 14.6 Å². The van der Waals surface area contributed by atoms with E-state index in [1.54, 1.807) is 10.7 Å². The van der Waals surface area contributed by atoms with Crippen LogP contribution in [0.15, 0.2) is 24.5 Å². The highest BCUT2D eigenvalue weighted by molar-refractivity contribution is 9.09. The Kier molecular flexibility index (Phi) is 3.02. The van der Waals surface area contributed by atoms with Crippen molar-refractivity contribution in [2.24, 2.45) is 5.41 Å². The highest BCUT2D eigenvalue weighted by atomic mass is 79.9. The van der Waals surface area contributed by atoms with E-state index in [2.05, 4.69) is 46.8 Å². The number of halogens is 1. The molecule has 86 valence electrons. The molecule has 2 heterocycles. The molecule has 0 saturated carbocycles. The van der Waals surface area contributed by atoms with Gasteiger partial charge in [-0.2, -0.15) is 5.10 Å². The standard InChI is InChI=1S/C12H16BrN3/c1-12(2,3)10(13)8-9-5-7-16-11(15-9)4-6-14-16/h4-7,10H,8H2,1-3H3. The minimum absolute atomic E-state index is 0.244. The fraction of sp³-hybridized carbons (Fsp3) is 0.500. The van der Waals surface area contributed by atoms with E-state index >= 15 is 0 Å². The van der Waals surface area contributed by atoms with Gasteiger partial charge in [0.1, 0.15) is 0 Å². The first kappa shape index (κ1) is 11.6. The topological polar surface area (TPSA) is 30.2 Å². The smallest absolute Gasteiger partial charge is 0.155 e. The lowest BCUT2D eigenvalue weighted by atomic mass is 9.89. The molecule has 2 rings (SSSR count). The fourth-order valence-corrected chi connectivity index (χ4v) is 1.79. The predicted octanol–water partition coefficient (Wildman–Crippen LogP) is 3.08. The van der Waals surface area contributed by atoms with Crippen molar-refractivity contribution in [3.63, 3.8) is 0 Å². The summed E-state index contributed by atoms with van der Waals surface area (Å²) in [5.74, 6) is 0. The van der Waals surface area contributed by atoms with Crippen molar-refractivity contribution in [2.45, 2.75) is 32.0 Å². The molecule has 0 aromatic carbocycles. The molecule has 16 heavy (non-hydrogen) atoms. The lowest BCUT2D eigenvalue weighted by molar-refractivity contribution is 0.396. The van der Waals surface area contributed by atoms with Crippen molar-refractivity contribution in [2.75, 3.05) is 0 Å². The molecular formula is C12H16BrN3. The van der Waals surface area contributed by atoms with Crippen molar-refractivity contribution in [3.05, 3.63) is 30.2 Å². The molecule has 2 aromatic heterocycles. The van der Waals surface area contributed by atoms with E-state index in [0.717, 1.165) is 17.8 Å². The summed E-state index contributed by atoms with van der Waals surface area (Å²) in [6, 6.07) is 3.95. The molecule has 1 atom stereocenters. The molecule has 1 unspecified atom stereocenters. The molecule has 0 N–H and O–H groups in total. The number of hydrogen-bond acceptors (Lipinski definition) is 2. The minimum Gasteiger partial charge on any atom is -0.234 e. The van der Waals surface area contributed by atoms with Gasteiger partial charge < -0.3 is 0 Å². The van der Waals surface area contributed by atoms with Gasteiger partial charge in [0.05, 0.1) is 6.20 Å². The summed E-state index contributed by atoms with van der Waals surface area (Å²) in [7, 11) is 0. The van der Waals surface area contributed by atoms with Gasteiger partial charge in [0.25, 0.3) is 0 Å². The summed E-state index contributed by atoms with van der Waals surface area (Å²) in [4.78, 5) is 4.99. The molecule has 0 spiro atoms. The zero-order chi connectivity index (χ0) is 11.8. The average Bonchev–Trinajstić information content (AvgIpc) is 2.63. The Balaban J connectivity index is 2.21. The van der Waals surface area contributed by atoms with Crippen molar-refractivity contribution in [3.8, 4) is 0 Å². The number of fused-ring (bicyclic) bond motifs is 1. The number of hydrogen-bond donors (Lipinski definition) is 0. The van der Waals surface area contributed by atoms with E-state index < -0.39 is 0 Å². The van der Waals surface area contributed by atoms with E-state index in [9.17, 15) is 0 Å². The van der Waals surface area contributed by atoms with Crippen LogP contribution in [0, 0.1) is 5.41 Å². The Hall–Kier alpha value is -0.900. The van der Waals surface area contributed by atoms with Gasteiger partial charge in [-0.15, -0.1) is 0 Å². The van der Waals surface area contributed by atoms with Crippen LogP contribution in [0.25, 0.3) is 5.65 Å². The summed E-state index contributed by atoms with van der Waals surface area (Å²) in [6.07, 6.45) is 4.66. The highest BCUT2D eigenvalue weighted by Gasteiger charge is 2.22. The third kappa shape index (κ3) is 2.43. The lowest BCUT2D eigenvalue weighted by Gasteiger charge is -2.25. The molecule has 0 aliphatic rings. The Bertz CT molecular complexity index is 484. The van der Waals surface area contributed by atoms with Crippen LogP contribution in [0.5, 0.6) is 0 Å². The zero-order valence-electron chi connectivity index (χ0n) is 9.81. The van der Waals surface area contributed by atoms with E-state index in [4.69, 9.17) is 0 Å². The van der Waals surface area contributed by atoms with Crippen LogP contribution >= 0.6 is 15.9 Å². The summed E-state index contributed by atoms with van der Waals surface area (Å²) >= 11 is 3.73. The van der Waals surface area contributed by atoms with Gasteiger partial charge in [-0.25, -0.2) is 9.50 Å². The molecule has 0 saturated heterocycles. The van der Waals surface area contributed by atoms with Crippen molar-refractivity contribution < 1.29 is 0 Å². The van der Waals surface area contributed by atoms with E-state index in [1.807, 2.05) is 18.3 Å². The average molecular weight is 282 g/mol. The van der Waals surface area contributed by atoms with E-state index in [0.29, 0.717) is 4.83 Å². The highest BCUT2D eigenvalue weighted by Crippen LogP contribution is 2.28. The van der Waals surface area contributed by atoms with Gasteiger partial charge in [-0.05, 0) is 11.5 Å². The molecule has 3 nitrogen and oxygen atoms in total. The van der Waals surface area contributed by atoms with Crippen molar-refractivity contribution in [1.29, 1.82) is 0 Å². The van der Waals surface area contributed by atoms with Gasteiger partial charge in [-0.3, -0.25) is 0 Å². The van der Waals surface area contributed by atoms with Gasteiger partial charge >= 0.3 is 0 Å². The normalized spacial score (nSPS) is 14.2. The summed E-state index contributed by atoms with van der Waals surface area (Å²) in [5, 5.41) is 4.13. The second-order valence-corrected chi connectivity index (χ2v) is 6.20. The molecule has 0 radical (unpaired) electrons. The van der Waals surface area contributed by atoms with Gasteiger partial charge in [-0.1, -0.05) is 36.7 Å². The molecule has 0 amide bonds. The Morgan fingerprint density at radius 1 is 1.38 bits per heavy atom. The number of nitrogens with zero attached hydrogens (tertiary/aromatic N) is 3. The molecule has 0 aliphatic carbocycles. The predicted molar refractivity (Wildman–Crippen MR) is 68.9 cm³/mol. The van der Waals surface area contributed by atoms with E-state index in [-0.39, 0.29) is 5.41 Å². The van der Waals surface area contributed by atoms with Crippen LogP contribution in [0.4, 0.5) is 0 Å². The summed E-state index contributed by atoms with van der Waals surface area (Å²) in [5.41, 5.74) is 2.25. The first-order valence-corrected chi connectivity index (χ1v) is 6.32. The first-order valence-electron chi connectivity index (χ1n) is 5.40. The summed E-state index contributed by atoms with van der Waals surface area (Å²) < 4.78 is 1.78. The number of aromatic nitrogens is 3. The third-order valence-electron chi connectivity index (χ3n) is 2.64. The van der Waals surface area contributed by atoms with Crippen LogP contribution in [0.2, 0.25) is 0 Å². The molecular weight excluding hydrogens is 266 g/mol. The van der Waals surface area contributed by atoms with Crippen LogP contribution in [0.3, 0.4) is 0 Å². The van der Waals surface area contributed by atoms with Gasteiger partial charge in [0.15, 0.2) is 5.65 Å². The molecule has 0 bridgehead atoms. The molecule has 2 aromatic rings. The van der Waals surface area contributed by atoms with Crippen LogP contribution in [-0.2, 0) is 6.42 Å². The Morgan fingerprint density at radius 3 is 2.81 bits per heavy atom. The number of alkyl halides is 1. The Labute approximate surface area is 104 Å². The maximum absolute atomic E-state index is 4.56. The van der Waals surface area contributed by atoms with Gasteiger partial charge in [0.2, 0.25) is 0 Å². The fourth-order valence-electron chi connectivity index (χ4n) is 1.46. The molecule has 4 heteroatoms. The Morgan fingerprint density at radius 2 is 2.12 bits per heavy atom. The maximum Gasteiger partial charge on any atom is 0.155 e. The lowest BCUT2D eigenvalue weighted by Crippen LogP contribution is -2.22. The third-order valence-corrected chi connectivity index (χ3v) is 4.34. The first-order chi connectivity index (χ1) is 7.47. The van der Waals surface area contributed by atoms with Gasteiger partial charge in [0, 0.05) is 29.2 Å². The minimum atomic E-state index is 0.244. The monoisotopic (exact) mass is 281 g/mol. The molecule has 0 fully saturated rings. The largest absolute Gasteiger partial charge is 0.234 e. The SMILES string of the molecule is CC(C)(C)C(Br)Cc1ccn2nccc2n1. The number of rotatable bonds is 2. The van der Waals surface area contributed by atoms with E-state index in [1.165, 1.54) is 0 Å². The van der Waals surface area contributed by atoms with Crippen LogP contribution in [0.1, 0.15) is 26.5 Å².